The average molecular weight is 352 g/mol. The predicted molar refractivity (Wildman–Crippen MR) is 99.6 cm³/mol. The molecule has 3 rings (SSSR count). The fraction of sp³-hybridized carbons (Fsp3) is 0.333. The normalized spacial score (nSPS) is 15.2. The van der Waals surface area contributed by atoms with Gasteiger partial charge in [-0.1, -0.05) is 18.2 Å². The van der Waals surface area contributed by atoms with Crippen LogP contribution in [0.2, 0.25) is 0 Å². The van der Waals surface area contributed by atoms with Crippen LogP contribution in [0.3, 0.4) is 0 Å². The molecule has 0 amide bonds. The van der Waals surface area contributed by atoms with Crippen molar-refractivity contribution >= 4 is 24.2 Å². The van der Waals surface area contributed by atoms with Crippen molar-refractivity contribution in [2.24, 2.45) is 0 Å². The Kier molecular flexibility index (Phi) is 6.22. The molecule has 2 aromatic rings. The third kappa shape index (κ3) is 3.94. The maximum atomic E-state index is 6.06. The fourth-order valence-electron chi connectivity index (χ4n) is 2.56. The number of thioether (sulfide) groups is 1. The number of hydrogen-bond donors (Lipinski definition) is 0. The van der Waals surface area contributed by atoms with Crippen LogP contribution in [-0.2, 0) is 0 Å². The van der Waals surface area contributed by atoms with Crippen molar-refractivity contribution in [2.75, 3.05) is 33.5 Å². The Morgan fingerprint density at radius 1 is 1.09 bits per heavy atom. The molecule has 2 aromatic carbocycles. The van der Waals surface area contributed by atoms with Crippen LogP contribution in [0.1, 0.15) is 16.4 Å². The van der Waals surface area contributed by atoms with Crippen molar-refractivity contribution in [3.8, 4) is 17.2 Å². The molecule has 1 unspecified atom stereocenters. The van der Waals surface area contributed by atoms with Gasteiger partial charge in [0.2, 0.25) is 0 Å². The Labute approximate surface area is 148 Å². The summed E-state index contributed by atoms with van der Waals surface area (Å²) in [5.41, 5.74) is 2.44. The van der Waals surface area contributed by atoms with E-state index in [1.165, 1.54) is 11.1 Å². The molecule has 1 aliphatic rings. The number of para-hydroxylation sites is 1. The molecule has 0 saturated heterocycles. The van der Waals surface area contributed by atoms with E-state index >= 15 is 0 Å². The molecule has 124 valence electrons. The molecule has 5 heteroatoms. The van der Waals surface area contributed by atoms with Crippen LogP contribution in [0.15, 0.2) is 42.5 Å². The van der Waals surface area contributed by atoms with Crippen molar-refractivity contribution < 1.29 is 9.47 Å². The zero-order valence-electron chi connectivity index (χ0n) is 13.6. The summed E-state index contributed by atoms with van der Waals surface area (Å²) in [6, 6.07) is 14.4. The second kappa shape index (κ2) is 7.95. The van der Waals surface area contributed by atoms with Crippen LogP contribution in [0.5, 0.6) is 17.2 Å². The van der Waals surface area contributed by atoms with Crippen molar-refractivity contribution in [1.82, 2.24) is 4.90 Å². The molecule has 1 atom stereocenters. The van der Waals surface area contributed by atoms with Gasteiger partial charge in [-0.25, -0.2) is 0 Å². The summed E-state index contributed by atoms with van der Waals surface area (Å²) in [4.78, 5) is 2.21. The van der Waals surface area contributed by atoms with Gasteiger partial charge in [0.1, 0.15) is 17.2 Å². The minimum absolute atomic E-state index is 0. The summed E-state index contributed by atoms with van der Waals surface area (Å²) >= 11 is 1.95. The predicted octanol–water partition coefficient (Wildman–Crippen LogP) is 4.61. The van der Waals surface area contributed by atoms with Crippen molar-refractivity contribution in [3.63, 3.8) is 0 Å². The highest BCUT2D eigenvalue weighted by molar-refractivity contribution is 7.99. The minimum Gasteiger partial charge on any atom is -0.497 e. The van der Waals surface area contributed by atoms with E-state index in [9.17, 15) is 0 Å². The Morgan fingerprint density at radius 3 is 2.57 bits per heavy atom. The van der Waals surface area contributed by atoms with E-state index < -0.39 is 0 Å². The molecule has 1 aliphatic heterocycles. The molecule has 23 heavy (non-hydrogen) atoms. The zero-order chi connectivity index (χ0) is 15.5. The number of fused-ring (bicyclic) bond motifs is 2. The average Bonchev–Trinajstić information content (AvgIpc) is 2.53. The first-order valence-electron chi connectivity index (χ1n) is 7.40. The van der Waals surface area contributed by atoms with Crippen molar-refractivity contribution in [2.45, 2.75) is 5.25 Å². The van der Waals surface area contributed by atoms with Crippen LogP contribution < -0.4 is 9.47 Å². The Morgan fingerprint density at radius 2 is 1.83 bits per heavy atom. The fourth-order valence-corrected chi connectivity index (χ4v) is 4.00. The smallest absolute Gasteiger partial charge is 0.132 e. The molecule has 3 nitrogen and oxygen atoms in total. The van der Waals surface area contributed by atoms with Gasteiger partial charge >= 0.3 is 0 Å². The molecule has 1 heterocycles. The SMILES string of the molecule is COc1ccc2c(c1)C(SCCN(C)C)c1ccccc1O2.Cl. The molecule has 0 radical (unpaired) electrons. The van der Waals surface area contributed by atoms with E-state index in [1.807, 2.05) is 36.0 Å². The highest BCUT2D eigenvalue weighted by Crippen LogP contribution is 2.50. The number of methoxy groups -OCH3 is 1. The van der Waals surface area contributed by atoms with Crippen molar-refractivity contribution in [1.29, 1.82) is 0 Å². The van der Waals surface area contributed by atoms with Gasteiger partial charge in [0, 0.05) is 23.4 Å². The monoisotopic (exact) mass is 351 g/mol. The van der Waals surface area contributed by atoms with Crippen LogP contribution in [0, 0.1) is 0 Å². The molecule has 0 bridgehead atoms. The van der Waals surface area contributed by atoms with E-state index in [1.54, 1.807) is 7.11 Å². The van der Waals surface area contributed by atoms with E-state index in [2.05, 4.69) is 37.2 Å². The van der Waals surface area contributed by atoms with Crippen molar-refractivity contribution in [3.05, 3.63) is 53.6 Å². The first-order chi connectivity index (χ1) is 10.7. The molecule has 0 spiro atoms. The van der Waals surface area contributed by atoms with Gasteiger partial charge in [-0.15, -0.1) is 24.2 Å². The van der Waals surface area contributed by atoms with E-state index in [4.69, 9.17) is 9.47 Å². The third-order valence-corrected chi connectivity index (χ3v) is 5.00. The maximum Gasteiger partial charge on any atom is 0.132 e. The molecule has 0 aromatic heterocycles. The van der Waals surface area contributed by atoms with Gasteiger partial charge in [0.15, 0.2) is 0 Å². The number of benzene rings is 2. The topological polar surface area (TPSA) is 21.7 Å². The summed E-state index contributed by atoms with van der Waals surface area (Å²) in [5.74, 6) is 3.84. The lowest BCUT2D eigenvalue weighted by molar-refractivity contribution is 0.410. The number of hydrogen-bond acceptors (Lipinski definition) is 4. The van der Waals surface area contributed by atoms with Crippen LogP contribution in [0.25, 0.3) is 0 Å². The zero-order valence-corrected chi connectivity index (χ0v) is 15.2. The van der Waals surface area contributed by atoms with Gasteiger partial charge in [0.05, 0.1) is 12.4 Å². The van der Waals surface area contributed by atoms with Gasteiger partial charge in [-0.3, -0.25) is 0 Å². The second-order valence-corrected chi connectivity index (χ2v) is 6.81. The first kappa shape index (κ1) is 18.0. The minimum atomic E-state index is 0. The number of ether oxygens (including phenoxy) is 2. The van der Waals surface area contributed by atoms with E-state index in [0.717, 1.165) is 29.5 Å². The van der Waals surface area contributed by atoms with E-state index in [0.29, 0.717) is 0 Å². The molecule has 0 fully saturated rings. The first-order valence-corrected chi connectivity index (χ1v) is 8.45. The Bertz CT molecular complexity index is 663. The summed E-state index contributed by atoms with van der Waals surface area (Å²) in [7, 11) is 5.92. The number of halogens is 1. The lowest BCUT2D eigenvalue weighted by Crippen LogP contribution is -2.16. The van der Waals surface area contributed by atoms with Gasteiger partial charge in [-0.2, -0.15) is 0 Å². The van der Waals surface area contributed by atoms with Crippen LogP contribution in [0.4, 0.5) is 0 Å². The Balaban J connectivity index is 0.00000192. The highest BCUT2D eigenvalue weighted by atomic mass is 35.5. The third-order valence-electron chi connectivity index (χ3n) is 3.74. The van der Waals surface area contributed by atoms with Gasteiger partial charge in [0.25, 0.3) is 0 Å². The molecule has 0 aliphatic carbocycles. The van der Waals surface area contributed by atoms with Gasteiger partial charge < -0.3 is 14.4 Å². The van der Waals surface area contributed by atoms with E-state index in [-0.39, 0.29) is 17.7 Å². The molecular weight excluding hydrogens is 330 g/mol. The summed E-state index contributed by atoms with van der Waals surface area (Å²) in [5, 5.41) is 0.287. The highest BCUT2D eigenvalue weighted by Gasteiger charge is 2.27. The summed E-state index contributed by atoms with van der Waals surface area (Å²) < 4.78 is 11.4. The standard InChI is InChI=1S/C18H21NO2S.ClH/c1-19(2)10-11-22-18-14-6-4-5-7-16(14)21-17-9-8-13(20-3)12-15(17)18;/h4-9,12,18H,10-11H2,1-3H3;1H. The molecular formula is C18H22ClNO2S. The molecule has 0 saturated carbocycles. The molecule has 0 N–H and O–H groups in total. The maximum absolute atomic E-state index is 6.06. The second-order valence-electron chi connectivity index (χ2n) is 5.60. The quantitative estimate of drug-likeness (QED) is 0.784. The number of nitrogens with zero attached hydrogens (tertiary/aromatic N) is 1. The lowest BCUT2D eigenvalue weighted by Gasteiger charge is -2.28. The summed E-state index contributed by atoms with van der Waals surface area (Å²) in [6.07, 6.45) is 0. The largest absolute Gasteiger partial charge is 0.497 e. The summed E-state index contributed by atoms with van der Waals surface area (Å²) in [6.45, 7) is 1.06. The lowest BCUT2D eigenvalue weighted by atomic mass is 9.99. The van der Waals surface area contributed by atoms with Crippen LogP contribution in [-0.4, -0.2) is 38.4 Å². The Hall–Kier alpha value is -1.36. The van der Waals surface area contributed by atoms with Crippen LogP contribution >= 0.6 is 24.2 Å². The number of rotatable bonds is 5. The van der Waals surface area contributed by atoms with Gasteiger partial charge in [-0.05, 0) is 38.4 Å².